The van der Waals surface area contributed by atoms with Crippen LogP contribution in [0.4, 0.5) is 0 Å². The Kier molecular flexibility index (Phi) is 5.92. The second-order valence-electron chi connectivity index (χ2n) is 7.83. The molecule has 26 heavy (non-hydrogen) atoms. The van der Waals surface area contributed by atoms with E-state index in [-0.39, 0.29) is 0 Å². The van der Waals surface area contributed by atoms with Crippen LogP contribution in [0.3, 0.4) is 0 Å². The summed E-state index contributed by atoms with van der Waals surface area (Å²) in [7, 11) is 0. The van der Waals surface area contributed by atoms with Gasteiger partial charge in [-0.25, -0.2) is 15.0 Å². The molecule has 0 N–H and O–H groups in total. The summed E-state index contributed by atoms with van der Waals surface area (Å²) in [5, 5.41) is 3.40. The molecule has 0 spiro atoms. The van der Waals surface area contributed by atoms with E-state index >= 15 is 0 Å². The molecular formula is C20H29N5S. The van der Waals surface area contributed by atoms with Crippen LogP contribution in [0.15, 0.2) is 24.1 Å². The molecule has 0 atom stereocenters. The Bertz CT molecular complexity index is 673. The van der Waals surface area contributed by atoms with Gasteiger partial charge in [0.2, 0.25) is 0 Å². The Morgan fingerprint density at radius 2 is 1.50 bits per heavy atom. The van der Waals surface area contributed by atoms with Crippen LogP contribution < -0.4 is 0 Å². The Hall–Kier alpha value is -1.37. The number of piperidine rings is 2. The third kappa shape index (κ3) is 4.67. The van der Waals surface area contributed by atoms with E-state index in [1.54, 1.807) is 17.7 Å². The molecule has 4 rings (SSSR count). The van der Waals surface area contributed by atoms with Gasteiger partial charge in [-0.3, -0.25) is 9.80 Å². The fraction of sp³-hybridized carbons (Fsp3) is 0.650. The summed E-state index contributed by atoms with van der Waals surface area (Å²) in [4.78, 5) is 18.0. The van der Waals surface area contributed by atoms with Gasteiger partial charge in [-0.2, -0.15) is 0 Å². The summed E-state index contributed by atoms with van der Waals surface area (Å²) in [5.41, 5.74) is 2.49. The van der Waals surface area contributed by atoms with Gasteiger partial charge in [0.15, 0.2) is 0 Å². The standard InChI is InChI=1S/C20H29N5S/c1-16-23-20(14-26-16)13-25-8-4-19(5-9-25)18-2-6-24(7-3-18)12-17-10-21-15-22-11-17/h10-11,14-15,18-19H,2-9,12-13H2,1H3. The fourth-order valence-corrected chi connectivity index (χ4v) is 5.15. The molecule has 2 fully saturated rings. The molecular weight excluding hydrogens is 342 g/mol. The number of aryl methyl sites for hydroxylation is 1. The van der Waals surface area contributed by atoms with E-state index in [9.17, 15) is 0 Å². The molecule has 4 heterocycles. The van der Waals surface area contributed by atoms with E-state index in [0.29, 0.717) is 0 Å². The van der Waals surface area contributed by atoms with Crippen LogP contribution in [0.2, 0.25) is 0 Å². The summed E-state index contributed by atoms with van der Waals surface area (Å²) in [5.74, 6) is 1.84. The van der Waals surface area contributed by atoms with Gasteiger partial charge in [0.05, 0.1) is 10.7 Å². The molecule has 0 saturated carbocycles. The minimum absolute atomic E-state index is 0.918. The fourth-order valence-electron chi connectivity index (χ4n) is 4.54. The number of rotatable bonds is 5. The van der Waals surface area contributed by atoms with Gasteiger partial charge >= 0.3 is 0 Å². The minimum Gasteiger partial charge on any atom is -0.299 e. The highest BCUT2D eigenvalue weighted by molar-refractivity contribution is 7.09. The largest absolute Gasteiger partial charge is 0.299 e. The highest BCUT2D eigenvalue weighted by Crippen LogP contribution is 2.33. The molecule has 0 bridgehead atoms. The van der Waals surface area contributed by atoms with Crippen molar-refractivity contribution in [2.45, 2.75) is 45.7 Å². The predicted molar refractivity (Wildman–Crippen MR) is 105 cm³/mol. The van der Waals surface area contributed by atoms with Gasteiger partial charge in [-0.1, -0.05) is 0 Å². The van der Waals surface area contributed by atoms with Gasteiger partial charge < -0.3 is 0 Å². The van der Waals surface area contributed by atoms with Crippen LogP contribution in [0.25, 0.3) is 0 Å². The van der Waals surface area contributed by atoms with Gasteiger partial charge in [0, 0.05) is 36.4 Å². The quantitative estimate of drug-likeness (QED) is 0.806. The molecule has 0 aliphatic carbocycles. The van der Waals surface area contributed by atoms with E-state index < -0.39 is 0 Å². The van der Waals surface area contributed by atoms with Crippen molar-refractivity contribution < 1.29 is 0 Å². The first-order valence-electron chi connectivity index (χ1n) is 9.86. The lowest BCUT2D eigenvalue weighted by molar-refractivity contribution is 0.0905. The van der Waals surface area contributed by atoms with Crippen molar-refractivity contribution in [1.29, 1.82) is 0 Å². The van der Waals surface area contributed by atoms with Crippen LogP contribution in [0, 0.1) is 18.8 Å². The summed E-state index contributed by atoms with van der Waals surface area (Å²) in [6.07, 6.45) is 10.9. The van der Waals surface area contributed by atoms with Crippen molar-refractivity contribution in [3.05, 3.63) is 40.4 Å². The molecule has 2 aliphatic rings. The first-order chi connectivity index (χ1) is 12.8. The number of nitrogens with zero attached hydrogens (tertiary/aromatic N) is 5. The summed E-state index contributed by atoms with van der Waals surface area (Å²) in [6.45, 7) is 9.05. The second-order valence-corrected chi connectivity index (χ2v) is 8.89. The van der Waals surface area contributed by atoms with Crippen molar-refractivity contribution >= 4 is 11.3 Å². The molecule has 2 aromatic rings. The maximum Gasteiger partial charge on any atom is 0.115 e. The first-order valence-corrected chi connectivity index (χ1v) is 10.7. The molecule has 2 aliphatic heterocycles. The second kappa shape index (κ2) is 8.55. The monoisotopic (exact) mass is 371 g/mol. The summed E-state index contributed by atoms with van der Waals surface area (Å²) < 4.78 is 0. The van der Waals surface area contributed by atoms with Gasteiger partial charge in [0.1, 0.15) is 6.33 Å². The Balaban J connectivity index is 1.20. The zero-order chi connectivity index (χ0) is 17.8. The van der Waals surface area contributed by atoms with Gasteiger partial charge in [-0.05, 0) is 70.6 Å². The third-order valence-electron chi connectivity index (χ3n) is 6.00. The van der Waals surface area contributed by atoms with E-state index in [1.807, 2.05) is 12.4 Å². The number of aromatic nitrogens is 3. The lowest BCUT2D eigenvalue weighted by Crippen LogP contribution is -2.40. The Morgan fingerprint density at radius 3 is 2.04 bits per heavy atom. The molecule has 2 saturated heterocycles. The summed E-state index contributed by atoms with van der Waals surface area (Å²) >= 11 is 1.77. The lowest BCUT2D eigenvalue weighted by atomic mass is 9.78. The molecule has 2 aromatic heterocycles. The van der Waals surface area contributed by atoms with Gasteiger partial charge in [-0.15, -0.1) is 11.3 Å². The van der Waals surface area contributed by atoms with Crippen molar-refractivity contribution in [3.8, 4) is 0 Å². The van der Waals surface area contributed by atoms with Crippen LogP contribution in [-0.4, -0.2) is 50.9 Å². The first kappa shape index (κ1) is 18.0. The molecule has 6 heteroatoms. The van der Waals surface area contributed by atoms with Crippen LogP contribution in [0.1, 0.15) is 41.9 Å². The highest BCUT2D eigenvalue weighted by Gasteiger charge is 2.29. The van der Waals surface area contributed by atoms with Gasteiger partial charge in [0.25, 0.3) is 0 Å². The Morgan fingerprint density at radius 1 is 0.923 bits per heavy atom. The molecule has 0 unspecified atom stereocenters. The number of hydrogen-bond acceptors (Lipinski definition) is 6. The van der Waals surface area contributed by atoms with Crippen LogP contribution >= 0.6 is 11.3 Å². The number of hydrogen-bond donors (Lipinski definition) is 0. The molecule has 0 radical (unpaired) electrons. The molecule has 140 valence electrons. The maximum atomic E-state index is 4.62. The SMILES string of the molecule is Cc1nc(CN2CCC(C3CCN(Cc4cncnc4)CC3)CC2)cs1. The van der Waals surface area contributed by atoms with Crippen molar-refractivity contribution in [2.75, 3.05) is 26.2 Å². The predicted octanol–water partition coefficient (Wildman–Crippen LogP) is 3.37. The molecule has 0 amide bonds. The van der Waals surface area contributed by atoms with Crippen LogP contribution in [0.5, 0.6) is 0 Å². The van der Waals surface area contributed by atoms with E-state index in [4.69, 9.17) is 0 Å². The zero-order valence-electron chi connectivity index (χ0n) is 15.7. The smallest absolute Gasteiger partial charge is 0.115 e. The van der Waals surface area contributed by atoms with E-state index in [0.717, 1.165) is 24.9 Å². The average Bonchev–Trinajstić information content (AvgIpc) is 3.09. The maximum absolute atomic E-state index is 4.62. The van der Waals surface area contributed by atoms with Crippen molar-refractivity contribution in [3.63, 3.8) is 0 Å². The normalized spacial score (nSPS) is 21.3. The van der Waals surface area contributed by atoms with Crippen molar-refractivity contribution in [1.82, 2.24) is 24.8 Å². The van der Waals surface area contributed by atoms with E-state index in [2.05, 4.69) is 37.1 Å². The topological polar surface area (TPSA) is 45.2 Å². The summed E-state index contributed by atoms with van der Waals surface area (Å²) in [6, 6.07) is 0. The highest BCUT2D eigenvalue weighted by atomic mass is 32.1. The Labute approximate surface area is 160 Å². The van der Waals surface area contributed by atoms with Crippen LogP contribution in [-0.2, 0) is 13.1 Å². The average molecular weight is 372 g/mol. The zero-order valence-corrected chi connectivity index (χ0v) is 16.5. The van der Waals surface area contributed by atoms with E-state index in [1.165, 1.54) is 68.1 Å². The molecule has 5 nitrogen and oxygen atoms in total. The molecule has 0 aromatic carbocycles. The van der Waals surface area contributed by atoms with Crippen molar-refractivity contribution in [2.24, 2.45) is 11.8 Å². The minimum atomic E-state index is 0.918. The number of thiazole rings is 1. The third-order valence-corrected chi connectivity index (χ3v) is 6.83. The number of likely N-dealkylation sites (tertiary alicyclic amines) is 2. The lowest BCUT2D eigenvalue weighted by Gasteiger charge is -2.40.